The van der Waals surface area contributed by atoms with E-state index in [1.807, 2.05) is 0 Å². The molecule has 0 aromatic carbocycles. The van der Waals surface area contributed by atoms with E-state index in [2.05, 4.69) is 55.6 Å². The number of amides is 1. The molecule has 0 fully saturated rings. The summed E-state index contributed by atoms with van der Waals surface area (Å²) in [7, 11) is -4.42. The van der Waals surface area contributed by atoms with Gasteiger partial charge in [-0.2, -0.15) is 0 Å². The number of esters is 1. The quantitative estimate of drug-likeness (QED) is 0.0238. The van der Waals surface area contributed by atoms with Gasteiger partial charge in [0, 0.05) is 19.4 Å². The summed E-state index contributed by atoms with van der Waals surface area (Å²) in [5.41, 5.74) is 0. The average Bonchev–Trinajstić information content (AvgIpc) is 3.27. The number of hydrogen-bond donors (Lipinski definition) is 3. The number of ether oxygens (including phenoxy) is 1. The highest BCUT2D eigenvalue weighted by molar-refractivity contribution is 7.47. The summed E-state index contributed by atoms with van der Waals surface area (Å²) >= 11 is 0. The van der Waals surface area contributed by atoms with Gasteiger partial charge in [-0.1, -0.05) is 230 Å². The average molecular weight is 910 g/mol. The van der Waals surface area contributed by atoms with Crippen molar-refractivity contribution in [2.45, 2.75) is 264 Å². The van der Waals surface area contributed by atoms with E-state index < -0.39 is 26.5 Å². The minimum absolute atomic E-state index is 0.0838. The molecule has 0 aromatic rings. The molecule has 0 aliphatic rings. The number of carbonyl (C=O) groups is 2. The van der Waals surface area contributed by atoms with Crippen LogP contribution in [0.1, 0.15) is 258 Å². The number of nitrogens with one attached hydrogen (secondary N) is 1. The summed E-state index contributed by atoms with van der Waals surface area (Å²) in [5.74, 6) is -0.514. The Balaban J connectivity index is 3.54. The first kappa shape index (κ1) is 61.2. The highest BCUT2D eigenvalue weighted by atomic mass is 31.2. The van der Waals surface area contributed by atoms with Gasteiger partial charge < -0.3 is 20.1 Å². The molecule has 0 aromatic heterocycles. The van der Waals surface area contributed by atoms with Gasteiger partial charge in [0.25, 0.3) is 0 Å². The van der Waals surface area contributed by atoms with Crippen molar-refractivity contribution >= 4 is 19.7 Å². The predicted molar refractivity (Wildman–Crippen MR) is 266 cm³/mol. The first-order valence-corrected chi connectivity index (χ1v) is 28.0. The zero-order valence-corrected chi connectivity index (χ0v) is 41.9. The van der Waals surface area contributed by atoms with Crippen LogP contribution < -0.4 is 5.32 Å². The fraction of sp³-hybridized carbons (Fsp3) is 0.849. The summed E-state index contributed by atoms with van der Waals surface area (Å²) in [6.07, 6.45) is 58.0. The Labute approximate surface area is 388 Å². The van der Waals surface area contributed by atoms with E-state index in [4.69, 9.17) is 13.8 Å². The molecule has 0 spiro atoms. The molecule has 0 heterocycles. The minimum atomic E-state index is -4.42. The van der Waals surface area contributed by atoms with E-state index in [0.717, 1.165) is 64.2 Å². The number of carbonyl (C=O) groups excluding carboxylic acids is 2. The molecule has 0 saturated carbocycles. The maximum Gasteiger partial charge on any atom is 0.472 e. The lowest BCUT2D eigenvalue weighted by atomic mass is 10.0. The summed E-state index contributed by atoms with van der Waals surface area (Å²) in [6, 6.07) is 0. The number of phosphoric acid groups is 1. The molecule has 2 atom stereocenters. The highest BCUT2D eigenvalue weighted by Gasteiger charge is 2.23. The van der Waals surface area contributed by atoms with E-state index >= 15 is 0 Å². The molecular formula is C53H100NO8P. The number of rotatable bonds is 50. The summed E-state index contributed by atoms with van der Waals surface area (Å²) in [5, 5.41) is 12.8. The van der Waals surface area contributed by atoms with E-state index in [1.54, 1.807) is 0 Å². The van der Waals surface area contributed by atoms with Gasteiger partial charge in [-0.25, -0.2) is 4.57 Å². The zero-order chi connectivity index (χ0) is 46.0. The van der Waals surface area contributed by atoms with Crippen molar-refractivity contribution < 1.29 is 37.9 Å². The van der Waals surface area contributed by atoms with Crippen molar-refractivity contribution in [3.8, 4) is 0 Å². The number of hydrogen-bond acceptors (Lipinski definition) is 7. The van der Waals surface area contributed by atoms with Gasteiger partial charge in [-0.3, -0.25) is 18.6 Å². The third-order valence-electron chi connectivity index (χ3n) is 11.6. The third kappa shape index (κ3) is 51.1. The molecule has 63 heavy (non-hydrogen) atoms. The lowest BCUT2D eigenvalue weighted by molar-refractivity contribution is -0.147. The van der Waals surface area contributed by atoms with Crippen molar-refractivity contribution in [2.75, 3.05) is 26.4 Å². The number of allylic oxidation sites excluding steroid dienone is 6. The second-order valence-corrected chi connectivity index (χ2v) is 19.3. The van der Waals surface area contributed by atoms with Crippen LogP contribution in [0.5, 0.6) is 0 Å². The van der Waals surface area contributed by atoms with Crippen LogP contribution in [-0.2, 0) is 27.9 Å². The fourth-order valence-corrected chi connectivity index (χ4v) is 8.32. The van der Waals surface area contributed by atoms with Crippen molar-refractivity contribution in [2.24, 2.45) is 0 Å². The van der Waals surface area contributed by atoms with Crippen molar-refractivity contribution in [1.29, 1.82) is 0 Å². The molecule has 0 saturated heterocycles. The standard InChI is InChI=1S/C53H100NO8P/c1-3-5-7-9-11-13-15-17-19-21-23-25-27-29-31-33-35-37-39-41-43-45-52(56)54-47-48-61-63(58,59)62-50-51(55)49-60-53(57)46-44-42-40-38-36-34-32-30-28-26-24-22-20-18-16-14-12-10-8-6-4-2/h12,14,18,20,24,26,51,55H,3-11,13,15-17,19,21-23,25,27-50H2,1-2H3,(H,54,56)(H,58,59)/b14-12-,20-18-,26-24-. The van der Waals surface area contributed by atoms with Crippen LogP contribution in [0.3, 0.4) is 0 Å². The Morgan fingerprint density at radius 2 is 0.857 bits per heavy atom. The molecule has 370 valence electrons. The lowest BCUT2D eigenvalue weighted by Crippen LogP contribution is -2.27. The third-order valence-corrected chi connectivity index (χ3v) is 12.6. The second kappa shape index (κ2) is 49.7. The normalized spacial score (nSPS) is 13.4. The summed E-state index contributed by atoms with van der Waals surface area (Å²) < 4.78 is 27.0. The van der Waals surface area contributed by atoms with E-state index in [1.165, 1.54) is 167 Å². The number of phosphoric ester groups is 1. The largest absolute Gasteiger partial charge is 0.472 e. The molecule has 0 aliphatic carbocycles. The first-order valence-electron chi connectivity index (χ1n) is 26.5. The van der Waals surface area contributed by atoms with E-state index in [9.17, 15) is 24.2 Å². The van der Waals surface area contributed by atoms with Crippen LogP contribution in [0.2, 0.25) is 0 Å². The number of aliphatic hydroxyl groups excluding tert-OH is 1. The SMILES string of the molecule is CCCCC/C=C\C/C=C\C/C=C\CCCCCCCCCCC(=O)OCC(O)COP(=O)(O)OCCNC(=O)CCCCCCCCCCCCCCCCCCCCCCC. The second-order valence-electron chi connectivity index (χ2n) is 17.9. The van der Waals surface area contributed by atoms with Gasteiger partial charge >= 0.3 is 13.8 Å². The Bertz CT molecular complexity index is 1130. The van der Waals surface area contributed by atoms with Gasteiger partial charge in [0.05, 0.1) is 13.2 Å². The van der Waals surface area contributed by atoms with Crippen LogP contribution in [0.4, 0.5) is 0 Å². The minimum Gasteiger partial charge on any atom is -0.463 e. The van der Waals surface area contributed by atoms with Gasteiger partial charge in [-0.15, -0.1) is 0 Å². The molecule has 0 radical (unpaired) electrons. The van der Waals surface area contributed by atoms with Crippen molar-refractivity contribution in [3.63, 3.8) is 0 Å². The number of unbranched alkanes of at least 4 members (excludes halogenated alkanes) is 31. The predicted octanol–water partition coefficient (Wildman–Crippen LogP) is 15.7. The van der Waals surface area contributed by atoms with Crippen LogP contribution >= 0.6 is 7.82 Å². The Morgan fingerprint density at radius 1 is 0.492 bits per heavy atom. The van der Waals surface area contributed by atoms with Gasteiger partial charge in [0.2, 0.25) is 5.91 Å². The molecular weight excluding hydrogens is 810 g/mol. The Morgan fingerprint density at radius 3 is 1.32 bits per heavy atom. The maximum absolute atomic E-state index is 12.2. The van der Waals surface area contributed by atoms with Crippen LogP contribution in [-0.4, -0.2) is 54.3 Å². The van der Waals surface area contributed by atoms with Crippen molar-refractivity contribution in [1.82, 2.24) is 5.32 Å². The molecule has 0 rings (SSSR count). The lowest BCUT2D eigenvalue weighted by Gasteiger charge is -2.15. The highest BCUT2D eigenvalue weighted by Crippen LogP contribution is 2.42. The van der Waals surface area contributed by atoms with Gasteiger partial charge in [0.1, 0.15) is 12.7 Å². The fourth-order valence-electron chi connectivity index (χ4n) is 7.57. The summed E-state index contributed by atoms with van der Waals surface area (Å²) in [6.45, 7) is 3.57. The zero-order valence-electron chi connectivity index (χ0n) is 41.0. The van der Waals surface area contributed by atoms with Crippen LogP contribution in [0.25, 0.3) is 0 Å². The van der Waals surface area contributed by atoms with Gasteiger partial charge in [-0.05, 0) is 51.4 Å². The topological polar surface area (TPSA) is 131 Å². The Kier molecular flexibility index (Phi) is 48.3. The van der Waals surface area contributed by atoms with Crippen LogP contribution in [0.15, 0.2) is 36.5 Å². The number of aliphatic hydroxyl groups is 1. The molecule has 3 N–H and O–H groups in total. The summed E-state index contributed by atoms with van der Waals surface area (Å²) in [4.78, 5) is 34.1. The smallest absolute Gasteiger partial charge is 0.463 e. The van der Waals surface area contributed by atoms with E-state index in [0.29, 0.717) is 6.42 Å². The van der Waals surface area contributed by atoms with Crippen molar-refractivity contribution in [3.05, 3.63) is 36.5 Å². The molecule has 2 unspecified atom stereocenters. The molecule has 1 amide bonds. The molecule has 0 bridgehead atoms. The van der Waals surface area contributed by atoms with E-state index in [-0.39, 0.29) is 32.1 Å². The molecule has 0 aliphatic heterocycles. The van der Waals surface area contributed by atoms with Crippen LogP contribution in [0, 0.1) is 0 Å². The molecule has 10 heteroatoms. The Hall–Kier alpha value is -1.77. The molecule has 9 nitrogen and oxygen atoms in total. The monoisotopic (exact) mass is 910 g/mol. The first-order chi connectivity index (χ1) is 30.8. The van der Waals surface area contributed by atoms with Gasteiger partial charge in [0.15, 0.2) is 0 Å². The maximum atomic E-state index is 12.2.